The van der Waals surface area contributed by atoms with E-state index in [2.05, 4.69) is 30.2 Å². The summed E-state index contributed by atoms with van der Waals surface area (Å²) in [5.74, 6) is -1.26. The number of hydrogen-bond donors (Lipinski definition) is 1. The molecule has 0 aliphatic carbocycles. The summed E-state index contributed by atoms with van der Waals surface area (Å²) in [5, 5.41) is 12.9. The van der Waals surface area contributed by atoms with Crippen LogP contribution in [0.25, 0.3) is 0 Å². The molecule has 1 N–H and O–H groups in total. The molecule has 0 saturated carbocycles. The van der Waals surface area contributed by atoms with Gasteiger partial charge in [-0.2, -0.15) is 0 Å². The van der Waals surface area contributed by atoms with E-state index in [1.54, 1.807) is 13.8 Å². The van der Waals surface area contributed by atoms with Crippen LogP contribution in [0.2, 0.25) is 0 Å². The van der Waals surface area contributed by atoms with Gasteiger partial charge in [-0.15, -0.1) is 0 Å². The molecule has 0 radical (unpaired) electrons. The van der Waals surface area contributed by atoms with Crippen molar-refractivity contribution in [2.24, 2.45) is 5.92 Å². The van der Waals surface area contributed by atoms with Gasteiger partial charge >= 0.3 is 48.9 Å². The fourth-order valence-electron chi connectivity index (χ4n) is 0.625. The standard InChI is InChI=1S/C6H11NO2S2.Ba/c1-3(2)4(5(8)9)7-6(10)11;/h3-4H,1-2H3,(H,8,9)(H2,7,10,11);/q;+2/p-2. The molecular weight excluding hydrogens is 320 g/mol. The molecule has 0 bridgehead atoms. The first kappa shape index (κ1) is 15.6. The van der Waals surface area contributed by atoms with Crippen molar-refractivity contribution in [2.75, 3.05) is 0 Å². The van der Waals surface area contributed by atoms with E-state index in [4.69, 9.17) is 0 Å². The minimum Gasteiger partial charge on any atom is -0.548 e. The molecule has 6 heteroatoms. The second-order valence-corrected chi connectivity index (χ2v) is 3.55. The van der Waals surface area contributed by atoms with E-state index in [0.717, 1.165) is 0 Å². The maximum Gasteiger partial charge on any atom is 2.00 e. The molecule has 0 aliphatic rings. The number of carbonyl (C=O) groups is 1. The zero-order valence-electron chi connectivity index (χ0n) is 6.99. The number of aliphatic carboxylic acids is 1. The van der Waals surface area contributed by atoms with Crippen LogP contribution in [-0.4, -0.2) is 65.2 Å². The average Bonchev–Trinajstić information content (AvgIpc) is 1.81. The maximum absolute atomic E-state index is 10.4. The minimum absolute atomic E-state index is 0. The summed E-state index contributed by atoms with van der Waals surface area (Å²) in [5.41, 5.74) is 0. The van der Waals surface area contributed by atoms with Crippen molar-refractivity contribution >= 4 is 84.0 Å². The van der Waals surface area contributed by atoms with Crippen LogP contribution in [0.3, 0.4) is 0 Å². The Morgan fingerprint density at radius 1 is 1.58 bits per heavy atom. The Bertz CT molecular complexity index is 175. The number of carboxylic acid groups (broad SMARTS) is 1. The van der Waals surface area contributed by atoms with Gasteiger partial charge < -0.3 is 40.1 Å². The van der Waals surface area contributed by atoms with Crippen LogP contribution in [0.5, 0.6) is 0 Å². The molecule has 64 valence electrons. The van der Waals surface area contributed by atoms with Crippen molar-refractivity contribution in [3.63, 3.8) is 0 Å². The Morgan fingerprint density at radius 2 is 2.00 bits per heavy atom. The van der Waals surface area contributed by atoms with Crippen LogP contribution in [0, 0.1) is 5.92 Å². The zero-order valence-corrected chi connectivity index (χ0v) is 13.1. The molecule has 0 heterocycles. The number of hydrogen-bond acceptors (Lipinski definition) is 4. The summed E-state index contributed by atoms with van der Waals surface area (Å²) in [6.07, 6.45) is 0. The summed E-state index contributed by atoms with van der Waals surface area (Å²) in [4.78, 5) is 10.4. The first-order valence-electron chi connectivity index (χ1n) is 3.13. The second-order valence-electron chi connectivity index (χ2n) is 2.47. The predicted octanol–water partition coefficient (Wildman–Crippen LogP) is -1.20. The fourth-order valence-corrected chi connectivity index (χ4v) is 0.879. The van der Waals surface area contributed by atoms with E-state index in [1.165, 1.54) is 0 Å². The van der Waals surface area contributed by atoms with Gasteiger partial charge in [0.25, 0.3) is 0 Å². The van der Waals surface area contributed by atoms with E-state index in [9.17, 15) is 9.90 Å². The molecule has 1 atom stereocenters. The van der Waals surface area contributed by atoms with E-state index in [-0.39, 0.29) is 59.1 Å². The summed E-state index contributed by atoms with van der Waals surface area (Å²) in [6.45, 7) is 3.50. The third kappa shape index (κ3) is 6.64. The summed E-state index contributed by atoms with van der Waals surface area (Å²) in [7, 11) is 0. The second kappa shape index (κ2) is 7.55. The first-order valence-corrected chi connectivity index (χ1v) is 3.95. The van der Waals surface area contributed by atoms with Crippen LogP contribution in [0.4, 0.5) is 0 Å². The Morgan fingerprint density at radius 3 is 2.08 bits per heavy atom. The van der Waals surface area contributed by atoms with E-state index < -0.39 is 12.0 Å². The fraction of sp³-hybridized carbons (Fsp3) is 0.667. The van der Waals surface area contributed by atoms with Gasteiger partial charge in [-0.25, -0.2) is 0 Å². The molecule has 0 aliphatic heterocycles. The maximum atomic E-state index is 10.4. The van der Waals surface area contributed by atoms with Gasteiger partial charge in [0.05, 0.1) is 12.0 Å². The number of nitrogens with one attached hydrogen (secondary N) is 1. The molecular formula is C6H9BaNO2S2. The van der Waals surface area contributed by atoms with Crippen molar-refractivity contribution < 1.29 is 9.90 Å². The van der Waals surface area contributed by atoms with Gasteiger partial charge in [0.2, 0.25) is 0 Å². The van der Waals surface area contributed by atoms with Crippen LogP contribution >= 0.6 is 12.2 Å². The summed E-state index contributed by atoms with van der Waals surface area (Å²) < 4.78 is 0.0629. The molecule has 3 nitrogen and oxygen atoms in total. The minimum atomic E-state index is -1.17. The van der Waals surface area contributed by atoms with Crippen molar-refractivity contribution in [2.45, 2.75) is 19.9 Å². The molecule has 0 aromatic heterocycles. The average molecular weight is 329 g/mol. The molecule has 0 rings (SSSR count). The van der Waals surface area contributed by atoms with Gasteiger partial charge in [-0.1, -0.05) is 18.2 Å². The number of carbonyl (C=O) groups excluding carboxylic acids is 1. The zero-order chi connectivity index (χ0) is 9.02. The van der Waals surface area contributed by atoms with Crippen LogP contribution in [0.1, 0.15) is 13.8 Å². The van der Waals surface area contributed by atoms with Gasteiger partial charge in [-0.05, 0) is 5.92 Å². The molecule has 0 amide bonds. The topological polar surface area (TPSA) is 52.2 Å². The van der Waals surface area contributed by atoms with Crippen molar-refractivity contribution in [1.29, 1.82) is 0 Å². The largest absolute Gasteiger partial charge is 2.00 e. The quantitative estimate of drug-likeness (QED) is 0.401. The first-order chi connectivity index (χ1) is 4.95. The summed E-state index contributed by atoms with van der Waals surface area (Å²) >= 11 is 9.05. The third-order valence-corrected chi connectivity index (χ3v) is 1.43. The van der Waals surface area contributed by atoms with Crippen molar-refractivity contribution in [1.82, 2.24) is 5.32 Å². The Kier molecular flexibility index (Phi) is 9.82. The molecule has 0 spiro atoms. The summed E-state index contributed by atoms with van der Waals surface area (Å²) in [6, 6.07) is -0.778. The van der Waals surface area contributed by atoms with Crippen LogP contribution < -0.4 is 10.4 Å². The van der Waals surface area contributed by atoms with E-state index in [1.807, 2.05) is 0 Å². The van der Waals surface area contributed by atoms with Gasteiger partial charge in [-0.3, -0.25) is 0 Å². The smallest absolute Gasteiger partial charge is 0.548 e. The molecule has 0 aromatic carbocycles. The SMILES string of the molecule is CC(C)C(NC(=S)[S-])C(=O)[O-].[Ba+2]. The monoisotopic (exact) mass is 329 g/mol. The molecule has 12 heavy (non-hydrogen) atoms. The van der Waals surface area contributed by atoms with Gasteiger partial charge in [0, 0.05) is 0 Å². The Labute approximate surface area is 123 Å². The van der Waals surface area contributed by atoms with Gasteiger partial charge in [0.1, 0.15) is 0 Å². The molecule has 1 unspecified atom stereocenters. The van der Waals surface area contributed by atoms with Crippen molar-refractivity contribution in [3.05, 3.63) is 0 Å². The Hall–Kier alpha value is 1.15. The van der Waals surface area contributed by atoms with Crippen LogP contribution in [-0.2, 0) is 17.4 Å². The van der Waals surface area contributed by atoms with Gasteiger partial charge in [0.15, 0.2) is 0 Å². The number of thiocarbonyl (C=S) groups is 1. The van der Waals surface area contributed by atoms with E-state index in [0.29, 0.717) is 0 Å². The number of rotatable bonds is 3. The van der Waals surface area contributed by atoms with Crippen LogP contribution in [0.15, 0.2) is 0 Å². The normalized spacial score (nSPS) is 11.6. The Balaban J connectivity index is 0. The van der Waals surface area contributed by atoms with Crippen molar-refractivity contribution in [3.8, 4) is 0 Å². The molecule has 0 aromatic rings. The molecule has 0 saturated heterocycles. The van der Waals surface area contributed by atoms with E-state index >= 15 is 0 Å². The predicted molar refractivity (Wildman–Crippen MR) is 52.5 cm³/mol. The number of carboxylic acids is 1. The molecule has 0 fully saturated rings. The third-order valence-electron chi connectivity index (χ3n) is 1.19.